The summed E-state index contributed by atoms with van der Waals surface area (Å²) in [7, 11) is 0. The SMILES string of the molecule is CC(C)O/C(C=N)=C/C(N)=O. The number of amides is 1. The van der Waals surface area contributed by atoms with Crippen LogP contribution in [0.1, 0.15) is 13.8 Å². The molecule has 0 spiro atoms. The van der Waals surface area contributed by atoms with Gasteiger partial charge >= 0.3 is 0 Å². The molecule has 0 aliphatic carbocycles. The zero-order valence-corrected chi connectivity index (χ0v) is 6.63. The number of primary amides is 1. The minimum Gasteiger partial charge on any atom is -0.489 e. The molecule has 1 amide bonds. The van der Waals surface area contributed by atoms with Gasteiger partial charge in [-0.2, -0.15) is 0 Å². The molecule has 0 saturated heterocycles. The first-order valence-electron chi connectivity index (χ1n) is 3.24. The average Bonchev–Trinajstić information content (AvgIpc) is 1.84. The van der Waals surface area contributed by atoms with Crippen molar-refractivity contribution in [2.45, 2.75) is 20.0 Å². The van der Waals surface area contributed by atoms with Crippen LogP contribution in [0.15, 0.2) is 11.8 Å². The summed E-state index contributed by atoms with van der Waals surface area (Å²) in [6.45, 7) is 3.61. The normalized spacial score (nSPS) is 11.4. The van der Waals surface area contributed by atoms with Gasteiger partial charge in [-0.3, -0.25) is 4.79 Å². The highest BCUT2D eigenvalue weighted by Crippen LogP contribution is 1.97. The zero-order valence-electron chi connectivity index (χ0n) is 6.63. The first-order chi connectivity index (χ1) is 5.06. The number of rotatable bonds is 4. The largest absolute Gasteiger partial charge is 0.489 e. The molecule has 0 aromatic heterocycles. The highest BCUT2D eigenvalue weighted by Gasteiger charge is 1.98. The van der Waals surface area contributed by atoms with E-state index < -0.39 is 5.91 Å². The number of ether oxygens (including phenoxy) is 1. The third kappa shape index (κ3) is 5.14. The van der Waals surface area contributed by atoms with Crippen molar-refractivity contribution in [2.75, 3.05) is 0 Å². The fourth-order valence-electron chi connectivity index (χ4n) is 0.522. The molecule has 0 rings (SSSR count). The Labute approximate surface area is 65.5 Å². The van der Waals surface area contributed by atoms with Crippen LogP contribution in [0.25, 0.3) is 0 Å². The summed E-state index contributed by atoms with van der Waals surface area (Å²) in [4.78, 5) is 10.3. The average molecular weight is 156 g/mol. The van der Waals surface area contributed by atoms with E-state index in [1.165, 1.54) is 0 Å². The van der Waals surface area contributed by atoms with Gasteiger partial charge in [0.15, 0.2) is 0 Å². The maximum Gasteiger partial charge on any atom is 0.245 e. The van der Waals surface area contributed by atoms with Crippen molar-refractivity contribution in [1.29, 1.82) is 5.41 Å². The summed E-state index contributed by atoms with van der Waals surface area (Å²) in [5.41, 5.74) is 4.85. The molecule has 0 aliphatic heterocycles. The van der Waals surface area contributed by atoms with Crippen LogP contribution in [0.5, 0.6) is 0 Å². The Bertz CT molecular complexity index is 185. The molecule has 0 aliphatic rings. The number of hydrogen-bond donors (Lipinski definition) is 2. The van der Waals surface area contributed by atoms with E-state index in [1.807, 2.05) is 0 Å². The van der Waals surface area contributed by atoms with Gasteiger partial charge in [-0.25, -0.2) is 0 Å². The van der Waals surface area contributed by atoms with E-state index in [0.717, 1.165) is 12.3 Å². The van der Waals surface area contributed by atoms with Crippen LogP contribution in [0.4, 0.5) is 0 Å². The van der Waals surface area contributed by atoms with Crippen molar-refractivity contribution < 1.29 is 9.53 Å². The Kier molecular flexibility index (Phi) is 3.95. The molecule has 3 N–H and O–H groups in total. The molecule has 0 heterocycles. The number of hydrogen-bond acceptors (Lipinski definition) is 3. The van der Waals surface area contributed by atoms with Gasteiger partial charge in [0, 0.05) is 6.08 Å². The topological polar surface area (TPSA) is 76.2 Å². The highest BCUT2D eigenvalue weighted by molar-refractivity contribution is 5.91. The van der Waals surface area contributed by atoms with Gasteiger partial charge < -0.3 is 15.9 Å². The molecule has 0 radical (unpaired) electrons. The molecule has 4 nitrogen and oxygen atoms in total. The summed E-state index contributed by atoms with van der Waals surface area (Å²) >= 11 is 0. The van der Waals surface area contributed by atoms with Gasteiger partial charge in [-0.1, -0.05) is 0 Å². The Morgan fingerprint density at radius 1 is 1.64 bits per heavy atom. The van der Waals surface area contributed by atoms with E-state index in [9.17, 15) is 4.79 Å². The Morgan fingerprint density at radius 3 is 2.45 bits per heavy atom. The molecule has 62 valence electrons. The van der Waals surface area contributed by atoms with E-state index in [4.69, 9.17) is 15.9 Å². The predicted molar refractivity (Wildman–Crippen MR) is 42.3 cm³/mol. The van der Waals surface area contributed by atoms with Crippen molar-refractivity contribution in [2.24, 2.45) is 5.73 Å². The van der Waals surface area contributed by atoms with Gasteiger partial charge in [-0.15, -0.1) is 0 Å². The Balaban J connectivity index is 4.16. The zero-order chi connectivity index (χ0) is 8.85. The summed E-state index contributed by atoms with van der Waals surface area (Å²) in [6, 6.07) is 0. The minimum atomic E-state index is -0.607. The van der Waals surface area contributed by atoms with Gasteiger partial charge in [0.05, 0.1) is 12.3 Å². The maximum atomic E-state index is 10.3. The molecule has 0 aromatic rings. The Hall–Kier alpha value is -1.32. The van der Waals surface area contributed by atoms with Gasteiger partial charge in [0.25, 0.3) is 0 Å². The maximum absolute atomic E-state index is 10.3. The molecule has 11 heavy (non-hydrogen) atoms. The second-order valence-corrected chi connectivity index (χ2v) is 2.26. The number of nitrogens with one attached hydrogen (secondary N) is 1. The second kappa shape index (κ2) is 4.49. The molecular weight excluding hydrogens is 144 g/mol. The van der Waals surface area contributed by atoms with E-state index >= 15 is 0 Å². The first-order valence-corrected chi connectivity index (χ1v) is 3.24. The van der Waals surface area contributed by atoms with Crippen molar-refractivity contribution in [3.05, 3.63) is 11.8 Å². The van der Waals surface area contributed by atoms with E-state index in [2.05, 4.69) is 0 Å². The summed E-state index contributed by atoms with van der Waals surface area (Å²) in [5, 5.41) is 6.82. The smallest absolute Gasteiger partial charge is 0.245 e. The lowest BCUT2D eigenvalue weighted by molar-refractivity contribution is -0.113. The van der Waals surface area contributed by atoms with Crippen LogP contribution in [-0.2, 0) is 9.53 Å². The summed E-state index contributed by atoms with van der Waals surface area (Å²) in [6.07, 6.45) is 1.97. The van der Waals surface area contributed by atoms with Crippen molar-refractivity contribution in [1.82, 2.24) is 0 Å². The minimum absolute atomic E-state index is 0.0535. The third-order valence-corrected chi connectivity index (χ3v) is 0.799. The second-order valence-electron chi connectivity index (χ2n) is 2.26. The number of carbonyl (C=O) groups excluding carboxylic acids is 1. The quantitative estimate of drug-likeness (QED) is 0.352. The van der Waals surface area contributed by atoms with Crippen LogP contribution in [0.3, 0.4) is 0 Å². The van der Waals surface area contributed by atoms with Crippen molar-refractivity contribution >= 4 is 12.1 Å². The number of nitrogens with two attached hydrogens (primary N) is 1. The van der Waals surface area contributed by atoms with Crippen molar-refractivity contribution in [3.8, 4) is 0 Å². The van der Waals surface area contributed by atoms with Crippen LogP contribution in [0.2, 0.25) is 0 Å². The first kappa shape index (κ1) is 9.68. The van der Waals surface area contributed by atoms with Gasteiger partial charge in [0.1, 0.15) is 5.76 Å². The fraction of sp³-hybridized carbons (Fsp3) is 0.429. The predicted octanol–water partition coefficient (Wildman–Crippen LogP) is 0.430. The summed E-state index contributed by atoms with van der Waals surface area (Å²) < 4.78 is 5.03. The van der Waals surface area contributed by atoms with Crippen LogP contribution in [0, 0.1) is 5.41 Å². The highest BCUT2D eigenvalue weighted by atomic mass is 16.5. The summed E-state index contributed by atoms with van der Waals surface area (Å²) in [5.74, 6) is -0.420. The monoisotopic (exact) mass is 156 g/mol. The van der Waals surface area contributed by atoms with Gasteiger partial charge in [-0.05, 0) is 13.8 Å². The van der Waals surface area contributed by atoms with E-state index in [1.54, 1.807) is 13.8 Å². The molecule has 0 atom stereocenters. The number of carbonyl (C=O) groups is 1. The fourth-order valence-corrected chi connectivity index (χ4v) is 0.522. The molecule has 0 fully saturated rings. The molecule has 0 aromatic carbocycles. The number of allylic oxidation sites excluding steroid dienone is 1. The molecule has 0 saturated carbocycles. The lowest BCUT2D eigenvalue weighted by Gasteiger charge is -2.08. The van der Waals surface area contributed by atoms with Crippen LogP contribution in [-0.4, -0.2) is 18.2 Å². The molecule has 4 heteroatoms. The third-order valence-electron chi connectivity index (χ3n) is 0.799. The molecular formula is C7H12N2O2. The molecule has 0 unspecified atom stereocenters. The van der Waals surface area contributed by atoms with Crippen molar-refractivity contribution in [3.63, 3.8) is 0 Å². The lowest BCUT2D eigenvalue weighted by Crippen LogP contribution is -2.11. The van der Waals surface area contributed by atoms with E-state index in [0.29, 0.717) is 0 Å². The lowest BCUT2D eigenvalue weighted by atomic mass is 10.4. The standard InChI is InChI=1S/C7H12N2O2/c1-5(2)11-6(4-8)3-7(9)10/h3-5,8H,1-2H3,(H2,9,10)/b6-3+,8-4?. The Morgan fingerprint density at radius 2 is 2.18 bits per heavy atom. The van der Waals surface area contributed by atoms with Crippen LogP contribution < -0.4 is 5.73 Å². The van der Waals surface area contributed by atoms with Crippen LogP contribution >= 0.6 is 0 Å². The van der Waals surface area contributed by atoms with E-state index in [-0.39, 0.29) is 11.9 Å². The molecule has 0 bridgehead atoms. The van der Waals surface area contributed by atoms with Gasteiger partial charge in [0.2, 0.25) is 5.91 Å².